The van der Waals surface area contributed by atoms with Gasteiger partial charge in [0.1, 0.15) is 0 Å². The Morgan fingerprint density at radius 1 is 1.45 bits per heavy atom. The van der Waals surface area contributed by atoms with Crippen LogP contribution in [0.5, 0.6) is 0 Å². The van der Waals surface area contributed by atoms with E-state index in [1.54, 1.807) is 11.3 Å². The molecule has 0 aromatic carbocycles. The van der Waals surface area contributed by atoms with E-state index in [1.807, 2.05) is 17.5 Å². The second-order valence-corrected chi connectivity index (χ2v) is 7.45. The highest BCUT2D eigenvalue weighted by molar-refractivity contribution is 7.99. The fraction of sp³-hybridized carbons (Fsp3) is 0.533. The fourth-order valence-electron chi connectivity index (χ4n) is 2.67. The van der Waals surface area contributed by atoms with Gasteiger partial charge >= 0.3 is 0 Å². The van der Waals surface area contributed by atoms with Crippen molar-refractivity contribution in [3.05, 3.63) is 17.5 Å². The van der Waals surface area contributed by atoms with E-state index in [4.69, 9.17) is 4.42 Å². The third-order valence-electron chi connectivity index (χ3n) is 3.92. The molecular formula is C15H19N3O2S2. The summed E-state index contributed by atoms with van der Waals surface area (Å²) in [6.07, 6.45) is 4.76. The first-order chi connectivity index (χ1) is 10.7. The lowest BCUT2D eigenvalue weighted by molar-refractivity contribution is -0.119. The minimum absolute atomic E-state index is 0.0413. The van der Waals surface area contributed by atoms with Crippen molar-refractivity contribution in [3.63, 3.8) is 0 Å². The van der Waals surface area contributed by atoms with E-state index in [2.05, 4.69) is 22.4 Å². The molecule has 22 heavy (non-hydrogen) atoms. The van der Waals surface area contributed by atoms with E-state index in [-0.39, 0.29) is 5.91 Å². The molecule has 0 bridgehead atoms. The van der Waals surface area contributed by atoms with Crippen LogP contribution in [-0.2, 0) is 4.79 Å². The zero-order valence-electron chi connectivity index (χ0n) is 12.4. The van der Waals surface area contributed by atoms with Gasteiger partial charge in [0, 0.05) is 6.04 Å². The van der Waals surface area contributed by atoms with E-state index in [0.717, 1.165) is 11.3 Å². The lowest BCUT2D eigenvalue weighted by Gasteiger charge is -2.29. The van der Waals surface area contributed by atoms with Gasteiger partial charge in [0.25, 0.3) is 11.1 Å². The summed E-state index contributed by atoms with van der Waals surface area (Å²) in [7, 11) is 0. The number of carbonyl (C=O) groups excluding carboxylic acids is 1. The Morgan fingerprint density at radius 2 is 2.32 bits per heavy atom. The molecule has 1 aliphatic carbocycles. The summed E-state index contributed by atoms with van der Waals surface area (Å²) < 4.78 is 5.56. The highest BCUT2D eigenvalue weighted by Crippen LogP contribution is 2.27. The maximum atomic E-state index is 12.0. The fourth-order valence-corrected chi connectivity index (χ4v) is 3.89. The number of aromatic nitrogens is 2. The van der Waals surface area contributed by atoms with Crippen molar-refractivity contribution in [2.24, 2.45) is 5.92 Å². The summed E-state index contributed by atoms with van der Waals surface area (Å²) in [6.45, 7) is 2.21. The molecule has 1 aliphatic rings. The van der Waals surface area contributed by atoms with Crippen LogP contribution in [0.1, 0.15) is 32.6 Å². The first-order valence-corrected chi connectivity index (χ1v) is 9.38. The standard InChI is InChI=1S/C15H19N3O2S2/c1-10-5-2-3-6-11(10)16-13(19)9-22-15-18-17-14(20-15)12-7-4-8-21-12/h4,7-8,10-11H,2-3,5-6,9H2,1H3,(H,16,19)/t10-,11-/m1/s1. The largest absolute Gasteiger partial charge is 0.410 e. The Bertz CT molecular complexity index is 612. The molecule has 2 heterocycles. The number of thioether (sulfide) groups is 1. The number of nitrogens with zero attached hydrogens (tertiary/aromatic N) is 2. The highest BCUT2D eigenvalue weighted by Gasteiger charge is 2.23. The highest BCUT2D eigenvalue weighted by atomic mass is 32.2. The predicted molar refractivity (Wildman–Crippen MR) is 87.9 cm³/mol. The Morgan fingerprint density at radius 3 is 3.09 bits per heavy atom. The van der Waals surface area contributed by atoms with E-state index in [1.165, 1.54) is 31.0 Å². The molecule has 0 radical (unpaired) electrons. The molecule has 0 spiro atoms. The maximum Gasteiger partial charge on any atom is 0.277 e. The number of hydrogen-bond donors (Lipinski definition) is 1. The van der Waals surface area contributed by atoms with Crippen LogP contribution in [0, 0.1) is 5.92 Å². The summed E-state index contributed by atoms with van der Waals surface area (Å²) >= 11 is 2.84. The van der Waals surface area contributed by atoms with E-state index in [9.17, 15) is 4.79 Å². The smallest absolute Gasteiger partial charge is 0.277 e. The lowest BCUT2D eigenvalue weighted by atomic mass is 9.86. The molecule has 3 rings (SSSR count). The zero-order chi connectivity index (χ0) is 15.4. The summed E-state index contributed by atoms with van der Waals surface area (Å²) in [5, 5.41) is 13.5. The molecule has 0 saturated heterocycles. The van der Waals surface area contributed by atoms with Gasteiger partial charge in [0.15, 0.2) is 0 Å². The quantitative estimate of drug-likeness (QED) is 0.845. The summed E-state index contributed by atoms with van der Waals surface area (Å²) in [5.41, 5.74) is 0. The number of rotatable bonds is 5. The van der Waals surface area contributed by atoms with Gasteiger partial charge in [-0.15, -0.1) is 21.5 Å². The van der Waals surface area contributed by atoms with Gasteiger partial charge in [-0.05, 0) is 30.2 Å². The average Bonchev–Trinajstić information content (AvgIpc) is 3.18. The molecule has 2 aromatic heterocycles. The summed E-state index contributed by atoms with van der Waals surface area (Å²) in [5.74, 6) is 1.44. The predicted octanol–water partition coefficient (Wildman–Crippen LogP) is 3.59. The summed E-state index contributed by atoms with van der Waals surface area (Å²) in [6, 6.07) is 4.19. The Balaban J connectivity index is 1.49. The van der Waals surface area contributed by atoms with Crippen LogP contribution in [-0.4, -0.2) is 27.9 Å². The molecule has 0 unspecified atom stereocenters. The van der Waals surface area contributed by atoms with Crippen molar-refractivity contribution in [1.29, 1.82) is 0 Å². The lowest BCUT2D eigenvalue weighted by Crippen LogP contribution is -2.41. The second kappa shape index (κ2) is 7.28. The van der Waals surface area contributed by atoms with Crippen LogP contribution < -0.4 is 5.32 Å². The zero-order valence-corrected chi connectivity index (χ0v) is 14.1. The SMILES string of the molecule is C[C@@H]1CCCC[C@H]1NC(=O)CSc1nnc(-c2cccs2)o1. The molecule has 0 aliphatic heterocycles. The van der Waals surface area contributed by atoms with Gasteiger partial charge in [-0.1, -0.05) is 37.6 Å². The molecule has 1 fully saturated rings. The van der Waals surface area contributed by atoms with Crippen LogP contribution in [0.15, 0.2) is 27.2 Å². The van der Waals surface area contributed by atoms with Crippen LogP contribution in [0.4, 0.5) is 0 Å². The van der Waals surface area contributed by atoms with Crippen molar-refractivity contribution in [2.75, 3.05) is 5.75 Å². The molecular weight excluding hydrogens is 318 g/mol. The third-order valence-corrected chi connectivity index (χ3v) is 5.60. The summed E-state index contributed by atoms with van der Waals surface area (Å²) in [4.78, 5) is 13.0. The van der Waals surface area contributed by atoms with Crippen LogP contribution >= 0.6 is 23.1 Å². The van der Waals surface area contributed by atoms with E-state index < -0.39 is 0 Å². The Hall–Kier alpha value is -1.34. The van der Waals surface area contributed by atoms with Gasteiger partial charge < -0.3 is 9.73 Å². The number of nitrogens with one attached hydrogen (secondary N) is 1. The Labute approximate surface area is 137 Å². The molecule has 7 heteroatoms. The van der Waals surface area contributed by atoms with Gasteiger partial charge in [-0.25, -0.2) is 0 Å². The molecule has 1 N–H and O–H groups in total. The second-order valence-electron chi connectivity index (χ2n) is 5.57. The molecule has 118 valence electrons. The topological polar surface area (TPSA) is 68.0 Å². The van der Waals surface area contributed by atoms with Gasteiger partial charge in [0.2, 0.25) is 5.91 Å². The average molecular weight is 337 g/mol. The van der Waals surface area contributed by atoms with Crippen LogP contribution in [0.2, 0.25) is 0 Å². The van der Waals surface area contributed by atoms with E-state index in [0.29, 0.717) is 28.8 Å². The van der Waals surface area contributed by atoms with Crippen molar-refractivity contribution >= 4 is 29.0 Å². The molecule has 1 amide bonds. The normalized spacial score (nSPS) is 21.7. The molecule has 2 aromatic rings. The van der Waals surface area contributed by atoms with Gasteiger partial charge in [0.05, 0.1) is 10.6 Å². The number of amides is 1. The van der Waals surface area contributed by atoms with E-state index >= 15 is 0 Å². The number of hydrogen-bond acceptors (Lipinski definition) is 6. The first kappa shape index (κ1) is 15.6. The van der Waals surface area contributed by atoms with Crippen LogP contribution in [0.3, 0.4) is 0 Å². The Kier molecular flexibility index (Phi) is 5.15. The molecule has 1 saturated carbocycles. The van der Waals surface area contributed by atoms with Crippen molar-refractivity contribution < 1.29 is 9.21 Å². The maximum absolute atomic E-state index is 12.0. The van der Waals surface area contributed by atoms with Crippen LogP contribution in [0.25, 0.3) is 10.8 Å². The minimum atomic E-state index is 0.0413. The number of carbonyl (C=O) groups is 1. The third kappa shape index (κ3) is 3.89. The van der Waals surface area contributed by atoms with Gasteiger partial charge in [-0.3, -0.25) is 4.79 Å². The van der Waals surface area contributed by atoms with Gasteiger partial charge in [-0.2, -0.15) is 0 Å². The molecule has 2 atom stereocenters. The van der Waals surface area contributed by atoms with Crippen molar-refractivity contribution in [2.45, 2.75) is 43.9 Å². The minimum Gasteiger partial charge on any atom is -0.410 e. The monoisotopic (exact) mass is 337 g/mol. The molecule has 5 nitrogen and oxygen atoms in total. The first-order valence-electron chi connectivity index (χ1n) is 7.52. The van der Waals surface area contributed by atoms with Crippen molar-refractivity contribution in [1.82, 2.24) is 15.5 Å². The number of thiophene rings is 1. The van der Waals surface area contributed by atoms with Crippen molar-refractivity contribution in [3.8, 4) is 10.8 Å².